The van der Waals surface area contributed by atoms with Crippen LogP contribution >= 0.6 is 12.0 Å². The highest BCUT2D eigenvalue weighted by atomic mass is 32.2. The molecule has 0 heterocycles. The first-order chi connectivity index (χ1) is 11.3. The summed E-state index contributed by atoms with van der Waals surface area (Å²) in [6, 6.07) is 29.5. The third-order valence-corrected chi connectivity index (χ3v) is 4.53. The predicted molar refractivity (Wildman–Crippen MR) is 97.7 cm³/mol. The van der Waals surface area contributed by atoms with Crippen LogP contribution in [0.2, 0.25) is 0 Å². The van der Waals surface area contributed by atoms with E-state index in [2.05, 4.69) is 79.7 Å². The molecule has 0 spiro atoms. The molecule has 0 unspecified atom stereocenters. The Balaban J connectivity index is 1.71. The molecule has 1 nitrogen and oxygen atoms in total. The van der Waals surface area contributed by atoms with Gasteiger partial charge in [-0.25, -0.2) is 0 Å². The number of rotatable bonds is 6. The molecule has 3 rings (SSSR count). The molecule has 0 aliphatic rings. The van der Waals surface area contributed by atoms with Crippen LogP contribution in [-0.4, -0.2) is 6.61 Å². The molecule has 0 atom stereocenters. The Hall–Kier alpha value is -2.03. The third-order valence-electron chi connectivity index (χ3n) is 3.81. The smallest absolute Gasteiger partial charge is 0.0727 e. The molecule has 0 amide bonds. The van der Waals surface area contributed by atoms with E-state index in [0.717, 1.165) is 4.90 Å². The van der Waals surface area contributed by atoms with Gasteiger partial charge in [-0.1, -0.05) is 78.4 Å². The van der Waals surface area contributed by atoms with E-state index in [-0.39, 0.29) is 5.92 Å². The fourth-order valence-corrected chi connectivity index (χ4v) is 3.11. The topological polar surface area (TPSA) is 9.23 Å². The van der Waals surface area contributed by atoms with Gasteiger partial charge in [-0.3, -0.25) is 0 Å². The lowest BCUT2D eigenvalue weighted by Crippen LogP contribution is -2.07. The van der Waals surface area contributed by atoms with Crippen LogP contribution in [0, 0.1) is 6.92 Å². The van der Waals surface area contributed by atoms with Gasteiger partial charge in [0.15, 0.2) is 0 Å². The maximum Gasteiger partial charge on any atom is 0.0727 e. The molecular formula is C21H20OS. The molecule has 0 aliphatic carbocycles. The molecule has 0 radical (unpaired) electrons. The van der Waals surface area contributed by atoms with Crippen molar-refractivity contribution in [3.63, 3.8) is 0 Å². The predicted octanol–water partition coefficient (Wildman–Crippen LogP) is 5.85. The van der Waals surface area contributed by atoms with Crippen LogP contribution in [-0.2, 0) is 4.18 Å². The van der Waals surface area contributed by atoms with E-state index in [9.17, 15) is 0 Å². The fraction of sp³-hybridized carbons (Fsp3) is 0.143. The van der Waals surface area contributed by atoms with E-state index >= 15 is 0 Å². The molecular weight excluding hydrogens is 300 g/mol. The van der Waals surface area contributed by atoms with Crippen molar-refractivity contribution >= 4 is 12.0 Å². The van der Waals surface area contributed by atoms with Crippen molar-refractivity contribution in [2.75, 3.05) is 6.61 Å². The summed E-state index contributed by atoms with van der Waals surface area (Å²) < 4.78 is 5.95. The van der Waals surface area contributed by atoms with Crippen molar-refractivity contribution in [2.24, 2.45) is 0 Å². The van der Waals surface area contributed by atoms with Gasteiger partial charge in [-0.2, -0.15) is 0 Å². The Bertz CT molecular complexity index is 668. The Labute approximate surface area is 142 Å². The largest absolute Gasteiger partial charge is 0.309 e. The molecule has 0 aromatic heterocycles. The molecule has 0 saturated heterocycles. The average molecular weight is 320 g/mol. The van der Waals surface area contributed by atoms with Crippen LogP contribution in [0.15, 0.2) is 89.8 Å². The van der Waals surface area contributed by atoms with Crippen LogP contribution < -0.4 is 0 Å². The monoisotopic (exact) mass is 320 g/mol. The molecule has 0 N–H and O–H groups in total. The highest BCUT2D eigenvalue weighted by Crippen LogP contribution is 2.28. The van der Waals surface area contributed by atoms with Gasteiger partial charge in [0.25, 0.3) is 0 Å². The van der Waals surface area contributed by atoms with Crippen LogP contribution in [0.25, 0.3) is 0 Å². The molecule has 2 heteroatoms. The zero-order valence-corrected chi connectivity index (χ0v) is 14.0. The summed E-state index contributed by atoms with van der Waals surface area (Å²) in [6.45, 7) is 2.74. The van der Waals surface area contributed by atoms with Crippen molar-refractivity contribution in [3.8, 4) is 0 Å². The summed E-state index contributed by atoms with van der Waals surface area (Å²) in [5.41, 5.74) is 3.83. The molecule has 0 aliphatic heterocycles. The molecule has 0 saturated carbocycles. The first-order valence-corrected chi connectivity index (χ1v) is 8.53. The number of aryl methyl sites for hydroxylation is 1. The fourth-order valence-electron chi connectivity index (χ4n) is 2.52. The van der Waals surface area contributed by atoms with Gasteiger partial charge in [-0.15, -0.1) is 0 Å². The van der Waals surface area contributed by atoms with Gasteiger partial charge < -0.3 is 4.18 Å². The van der Waals surface area contributed by atoms with Crippen LogP contribution in [0.3, 0.4) is 0 Å². The summed E-state index contributed by atoms with van der Waals surface area (Å²) in [6.07, 6.45) is 0. The summed E-state index contributed by atoms with van der Waals surface area (Å²) >= 11 is 1.45. The van der Waals surface area contributed by atoms with Gasteiger partial charge >= 0.3 is 0 Å². The molecule has 0 bridgehead atoms. The lowest BCUT2D eigenvalue weighted by molar-refractivity contribution is 0.355. The first-order valence-electron chi connectivity index (χ1n) is 7.79. The van der Waals surface area contributed by atoms with E-state index < -0.39 is 0 Å². The SMILES string of the molecule is Cc1ccc(SOCC(c2ccccc2)c2ccccc2)cc1. The normalized spacial score (nSPS) is 10.9. The van der Waals surface area contributed by atoms with Crippen molar-refractivity contribution in [2.45, 2.75) is 17.7 Å². The van der Waals surface area contributed by atoms with Crippen molar-refractivity contribution in [1.82, 2.24) is 0 Å². The Kier molecular flexibility index (Phi) is 5.51. The standard InChI is InChI=1S/C21H20OS/c1-17-12-14-20(15-13-17)23-22-16-21(18-8-4-2-5-9-18)19-10-6-3-7-11-19/h2-15,21H,16H2,1H3. The average Bonchev–Trinajstić information content (AvgIpc) is 2.62. The van der Waals surface area contributed by atoms with Crippen LogP contribution in [0.1, 0.15) is 22.6 Å². The minimum Gasteiger partial charge on any atom is -0.309 e. The zero-order chi connectivity index (χ0) is 15.9. The van der Waals surface area contributed by atoms with E-state index in [4.69, 9.17) is 4.18 Å². The lowest BCUT2D eigenvalue weighted by Gasteiger charge is -2.17. The maximum atomic E-state index is 5.95. The van der Waals surface area contributed by atoms with Crippen molar-refractivity contribution < 1.29 is 4.18 Å². The number of hydrogen-bond acceptors (Lipinski definition) is 2. The summed E-state index contributed by atoms with van der Waals surface area (Å²) in [5, 5.41) is 0. The Morgan fingerprint density at radius 2 is 1.26 bits per heavy atom. The van der Waals surface area contributed by atoms with Gasteiger partial charge in [0, 0.05) is 22.9 Å². The van der Waals surface area contributed by atoms with Crippen LogP contribution in [0.4, 0.5) is 0 Å². The van der Waals surface area contributed by atoms with Crippen molar-refractivity contribution in [1.29, 1.82) is 0 Å². The van der Waals surface area contributed by atoms with Gasteiger partial charge in [-0.05, 0) is 30.2 Å². The highest BCUT2D eigenvalue weighted by molar-refractivity contribution is 7.94. The number of hydrogen-bond donors (Lipinski definition) is 0. The first kappa shape index (κ1) is 15.9. The zero-order valence-electron chi connectivity index (χ0n) is 13.2. The highest BCUT2D eigenvalue weighted by Gasteiger charge is 2.14. The second-order valence-corrected chi connectivity index (χ2v) is 6.43. The lowest BCUT2D eigenvalue weighted by atomic mass is 9.92. The summed E-state index contributed by atoms with van der Waals surface area (Å²) in [4.78, 5) is 1.13. The minimum absolute atomic E-state index is 0.246. The number of benzene rings is 3. The van der Waals surface area contributed by atoms with Gasteiger partial charge in [0.2, 0.25) is 0 Å². The van der Waals surface area contributed by atoms with Gasteiger partial charge in [0.1, 0.15) is 0 Å². The molecule has 0 fully saturated rings. The summed E-state index contributed by atoms with van der Waals surface area (Å²) in [7, 11) is 0. The quantitative estimate of drug-likeness (QED) is 0.527. The molecule has 23 heavy (non-hydrogen) atoms. The molecule has 116 valence electrons. The van der Waals surface area contributed by atoms with Gasteiger partial charge in [0.05, 0.1) is 6.61 Å². The van der Waals surface area contributed by atoms with Crippen LogP contribution in [0.5, 0.6) is 0 Å². The van der Waals surface area contributed by atoms with Crippen molar-refractivity contribution in [3.05, 3.63) is 102 Å². The van der Waals surface area contributed by atoms with E-state index in [1.54, 1.807) is 0 Å². The Morgan fingerprint density at radius 1 is 0.739 bits per heavy atom. The second kappa shape index (κ2) is 8.00. The maximum absolute atomic E-state index is 5.95. The second-order valence-electron chi connectivity index (χ2n) is 5.55. The van der Waals surface area contributed by atoms with E-state index in [1.165, 1.54) is 28.7 Å². The molecule has 3 aromatic rings. The van der Waals surface area contributed by atoms with E-state index in [1.807, 2.05) is 12.1 Å². The third kappa shape index (κ3) is 4.47. The minimum atomic E-state index is 0.246. The summed E-state index contributed by atoms with van der Waals surface area (Å²) in [5.74, 6) is 0.246. The Morgan fingerprint density at radius 3 is 1.78 bits per heavy atom. The van der Waals surface area contributed by atoms with E-state index in [0.29, 0.717) is 6.61 Å². The molecule has 3 aromatic carbocycles.